The van der Waals surface area contributed by atoms with Gasteiger partial charge in [0.15, 0.2) is 0 Å². The van der Waals surface area contributed by atoms with Gasteiger partial charge in [0.25, 0.3) is 0 Å². The van der Waals surface area contributed by atoms with Gasteiger partial charge in [-0.25, -0.2) is 0 Å². The molecule has 0 N–H and O–H groups in total. The predicted molar refractivity (Wildman–Crippen MR) is 163 cm³/mol. The Morgan fingerprint density at radius 1 is 0.641 bits per heavy atom. The first kappa shape index (κ1) is 25.9. The van der Waals surface area contributed by atoms with Crippen LogP contribution in [0.2, 0.25) is 0 Å². The zero-order valence-corrected chi connectivity index (χ0v) is 23.3. The van der Waals surface area contributed by atoms with Crippen LogP contribution in [0, 0.1) is 6.92 Å². The Kier molecular flexibility index (Phi) is 8.08. The first-order chi connectivity index (χ1) is 19.2. The highest BCUT2D eigenvalue weighted by atomic mass is 15.3. The number of anilines is 1. The summed E-state index contributed by atoms with van der Waals surface area (Å²) in [4.78, 5) is 8.01. The summed E-state index contributed by atoms with van der Waals surface area (Å²) in [6.07, 6.45) is 3.53. The van der Waals surface area contributed by atoms with Crippen LogP contribution in [-0.4, -0.2) is 42.0 Å². The van der Waals surface area contributed by atoms with E-state index >= 15 is 0 Å². The van der Waals surface area contributed by atoms with Crippen molar-refractivity contribution in [2.45, 2.75) is 51.9 Å². The Morgan fingerprint density at radius 2 is 1.21 bits per heavy atom. The fourth-order valence-corrected chi connectivity index (χ4v) is 6.57. The van der Waals surface area contributed by atoms with Crippen molar-refractivity contribution in [3.05, 3.63) is 137 Å². The van der Waals surface area contributed by atoms with Crippen molar-refractivity contribution in [1.82, 2.24) is 9.80 Å². The lowest BCUT2D eigenvalue weighted by Gasteiger charge is -2.41. The van der Waals surface area contributed by atoms with Crippen molar-refractivity contribution >= 4 is 5.69 Å². The third-order valence-electron chi connectivity index (χ3n) is 8.74. The van der Waals surface area contributed by atoms with Crippen LogP contribution in [0.25, 0.3) is 0 Å². The molecule has 1 atom stereocenters. The zero-order chi connectivity index (χ0) is 26.4. The van der Waals surface area contributed by atoms with Gasteiger partial charge in [0.2, 0.25) is 0 Å². The SMILES string of the molecule is Cc1ccc(N2CCN(Cc3ccccc3)CC2)c2c1CC[C@@H](N(Cc1ccccc1)Cc1ccccc1)C2. The molecule has 6 rings (SSSR count). The fourth-order valence-electron chi connectivity index (χ4n) is 6.57. The van der Waals surface area contributed by atoms with Gasteiger partial charge in [0, 0.05) is 57.5 Å². The first-order valence-corrected chi connectivity index (χ1v) is 14.7. The molecule has 0 radical (unpaired) electrons. The maximum Gasteiger partial charge on any atom is 0.0403 e. The highest BCUT2D eigenvalue weighted by Crippen LogP contribution is 2.36. The molecule has 2 aliphatic rings. The summed E-state index contributed by atoms with van der Waals surface area (Å²) in [7, 11) is 0. The van der Waals surface area contributed by atoms with E-state index in [1.54, 1.807) is 11.1 Å². The van der Waals surface area contributed by atoms with Crippen LogP contribution in [-0.2, 0) is 32.5 Å². The molecule has 200 valence electrons. The Bertz CT molecular complexity index is 1290. The number of rotatable bonds is 8. The number of aryl methyl sites for hydroxylation is 1. The van der Waals surface area contributed by atoms with Crippen LogP contribution in [0.5, 0.6) is 0 Å². The molecular weight excluding hydrogens is 474 g/mol. The number of hydrogen-bond acceptors (Lipinski definition) is 3. The van der Waals surface area contributed by atoms with Crippen molar-refractivity contribution < 1.29 is 0 Å². The molecule has 3 nitrogen and oxygen atoms in total. The number of nitrogens with zero attached hydrogens (tertiary/aromatic N) is 3. The molecule has 0 amide bonds. The minimum Gasteiger partial charge on any atom is -0.369 e. The van der Waals surface area contributed by atoms with E-state index in [9.17, 15) is 0 Å². The molecule has 0 unspecified atom stereocenters. The highest BCUT2D eigenvalue weighted by Gasteiger charge is 2.29. The summed E-state index contributed by atoms with van der Waals surface area (Å²) in [5, 5.41) is 0. The van der Waals surface area contributed by atoms with E-state index in [1.165, 1.54) is 40.8 Å². The molecular formula is C36H41N3. The van der Waals surface area contributed by atoms with Gasteiger partial charge >= 0.3 is 0 Å². The van der Waals surface area contributed by atoms with Gasteiger partial charge in [0.05, 0.1) is 0 Å². The third-order valence-corrected chi connectivity index (χ3v) is 8.74. The molecule has 0 saturated carbocycles. The molecule has 4 aromatic carbocycles. The van der Waals surface area contributed by atoms with Crippen LogP contribution < -0.4 is 4.90 Å². The van der Waals surface area contributed by atoms with Crippen molar-refractivity contribution in [2.75, 3.05) is 31.1 Å². The average Bonchev–Trinajstić information content (AvgIpc) is 2.99. The minimum atomic E-state index is 0.540. The quantitative estimate of drug-likeness (QED) is 0.253. The van der Waals surface area contributed by atoms with E-state index in [2.05, 4.69) is 125 Å². The van der Waals surface area contributed by atoms with Gasteiger partial charge in [-0.2, -0.15) is 0 Å². The van der Waals surface area contributed by atoms with Crippen LogP contribution in [0.1, 0.15) is 39.8 Å². The monoisotopic (exact) mass is 515 g/mol. The van der Waals surface area contributed by atoms with Gasteiger partial charge in [-0.1, -0.05) is 97.1 Å². The Hall–Kier alpha value is -3.40. The zero-order valence-electron chi connectivity index (χ0n) is 23.3. The molecule has 0 spiro atoms. The summed E-state index contributed by atoms with van der Waals surface area (Å²) >= 11 is 0. The largest absolute Gasteiger partial charge is 0.369 e. The summed E-state index contributed by atoms with van der Waals surface area (Å²) in [5.41, 5.74) is 10.4. The molecule has 4 aromatic rings. The Labute approximate surface area is 234 Å². The number of piperazine rings is 1. The second kappa shape index (κ2) is 12.2. The molecule has 3 heteroatoms. The standard InChI is InChI=1S/C36H41N3/c1-29-17-20-36(38-23-21-37(22-24-38)26-30-11-5-2-6-12-30)35-25-33(18-19-34(29)35)39(27-31-13-7-3-8-14-31)28-32-15-9-4-10-16-32/h2-17,20,33H,18-19,21-28H2,1H3/t33-/m1/s1. The molecule has 1 heterocycles. The van der Waals surface area contributed by atoms with Crippen molar-refractivity contribution in [1.29, 1.82) is 0 Å². The third kappa shape index (κ3) is 6.27. The molecule has 0 bridgehead atoms. The lowest BCUT2D eigenvalue weighted by molar-refractivity contribution is 0.162. The summed E-state index contributed by atoms with van der Waals surface area (Å²) in [5.74, 6) is 0. The van der Waals surface area contributed by atoms with Crippen LogP contribution in [0.4, 0.5) is 5.69 Å². The smallest absolute Gasteiger partial charge is 0.0403 e. The lowest BCUT2D eigenvalue weighted by Crippen LogP contribution is -2.47. The Balaban J connectivity index is 1.21. The van der Waals surface area contributed by atoms with Crippen LogP contribution in [0.3, 0.4) is 0 Å². The lowest BCUT2D eigenvalue weighted by atomic mass is 9.83. The summed E-state index contributed by atoms with van der Waals surface area (Å²) in [6.45, 7) is 9.80. The molecule has 1 aliphatic carbocycles. The highest BCUT2D eigenvalue weighted by molar-refractivity contribution is 5.60. The van der Waals surface area contributed by atoms with E-state index in [4.69, 9.17) is 0 Å². The summed E-state index contributed by atoms with van der Waals surface area (Å²) < 4.78 is 0. The van der Waals surface area contributed by atoms with Crippen molar-refractivity contribution in [3.8, 4) is 0 Å². The van der Waals surface area contributed by atoms with Crippen molar-refractivity contribution in [3.63, 3.8) is 0 Å². The molecule has 1 saturated heterocycles. The van der Waals surface area contributed by atoms with Gasteiger partial charge < -0.3 is 4.90 Å². The Morgan fingerprint density at radius 3 is 1.79 bits per heavy atom. The van der Waals surface area contributed by atoms with E-state index in [-0.39, 0.29) is 0 Å². The molecule has 1 fully saturated rings. The minimum absolute atomic E-state index is 0.540. The van der Waals surface area contributed by atoms with E-state index in [1.807, 2.05) is 0 Å². The molecule has 0 aromatic heterocycles. The van der Waals surface area contributed by atoms with Gasteiger partial charge in [-0.15, -0.1) is 0 Å². The van der Waals surface area contributed by atoms with Gasteiger partial charge in [-0.05, 0) is 65.6 Å². The molecule has 1 aliphatic heterocycles. The fraction of sp³-hybridized carbons (Fsp3) is 0.333. The maximum absolute atomic E-state index is 2.73. The van der Waals surface area contributed by atoms with E-state index < -0.39 is 0 Å². The number of benzene rings is 4. The number of fused-ring (bicyclic) bond motifs is 1. The first-order valence-electron chi connectivity index (χ1n) is 14.7. The summed E-state index contributed by atoms with van der Waals surface area (Å²) in [6, 6.07) is 38.3. The predicted octanol–water partition coefficient (Wildman–Crippen LogP) is 6.88. The number of hydrogen-bond donors (Lipinski definition) is 0. The van der Waals surface area contributed by atoms with Gasteiger partial charge in [0.1, 0.15) is 0 Å². The van der Waals surface area contributed by atoms with Crippen LogP contribution >= 0.6 is 0 Å². The molecule has 39 heavy (non-hydrogen) atoms. The van der Waals surface area contributed by atoms with Crippen molar-refractivity contribution in [2.24, 2.45) is 0 Å². The second-order valence-corrected chi connectivity index (χ2v) is 11.4. The normalized spacial score (nSPS) is 17.8. The second-order valence-electron chi connectivity index (χ2n) is 11.4. The topological polar surface area (TPSA) is 9.72 Å². The average molecular weight is 516 g/mol. The van der Waals surface area contributed by atoms with E-state index in [0.29, 0.717) is 6.04 Å². The van der Waals surface area contributed by atoms with Gasteiger partial charge in [-0.3, -0.25) is 9.80 Å². The maximum atomic E-state index is 2.73. The van der Waals surface area contributed by atoms with Crippen LogP contribution in [0.15, 0.2) is 103 Å². The van der Waals surface area contributed by atoms with E-state index in [0.717, 1.165) is 52.2 Å².